The Kier molecular flexibility index (Phi) is 3.70. The molecule has 0 radical (unpaired) electrons. The minimum absolute atomic E-state index is 0.0879. The lowest BCUT2D eigenvalue weighted by atomic mass is 9.88. The molecule has 3 nitrogen and oxygen atoms in total. The van der Waals surface area contributed by atoms with Gasteiger partial charge in [0.15, 0.2) is 0 Å². The summed E-state index contributed by atoms with van der Waals surface area (Å²) in [5, 5.41) is 0. The number of nitrogens with two attached hydrogens (primary N) is 1. The van der Waals surface area contributed by atoms with Crippen molar-refractivity contribution >= 4 is 0 Å². The lowest BCUT2D eigenvalue weighted by Crippen LogP contribution is -2.16. The van der Waals surface area contributed by atoms with Crippen LogP contribution in [0.15, 0.2) is 48.5 Å². The molecule has 3 unspecified atom stereocenters. The van der Waals surface area contributed by atoms with Crippen molar-refractivity contribution in [3.63, 3.8) is 0 Å². The molecule has 2 aromatic carbocycles. The van der Waals surface area contributed by atoms with Gasteiger partial charge >= 0.3 is 0 Å². The van der Waals surface area contributed by atoms with Crippen LogP contribution in [0.3, 0.4) is 0 Å². The maximum atomic E-state index is 6.56. The molecule has 2 fully saturated rings. The largest absolute Gasteiger partial charge is 0.373 e. The van der Waals surface area contributed by atoms with Gasteiger partial charge in [0, 0.05) is 12.8 Å². The van der Waals surface area contributed by atoms with E-state index in [4.69, 9.17) is 15.2 Å². The molecule has 2 aliphatic rings. The van der Waals surface area contributed by atoms with E-state index < -0.39 is 0 Å². The number of hydrogen-bond acceptors (Lipinski definition) is 3. The normalized spacial score (nSPS) is 24.0. The molecule has 2 saturated heterocycles. The molecule has 2 N–H and O–H groups in total. The van der Waals surface area contributed by atoms with Gasteiger partial charge in [0.25, 0.3) is 0 Å². The molecule has 22 heavy (non-hydrogen) atoms. The van der Waals surface area contributed by atoms with Crippen LogP contribution in [0.25, 0.3) is 0 Å². The van der Waals surface area contributed by atoms with E-state index in [-0.39, 0.29) is 6.04 Å². The zero-order chi connectivity index (χ0) is 14.9. The van der Waals surface area contributed by atoms with Gasteiger partial charge in [0.1, 0.15) is 0 Å². The Morgan fingerprint density at radius 1 is 0.909 bits per heavy atom. The molecule has 114 valence electrons. The summed E-state index contributed by atoms with van der Waals surface area (Å²) in [4.78, 5) is 0. The summed E-state index contributed by atoms with van der Waals surface area (Å²) >= 11 is 0. The number of hydrogen-bond donors (Lipinski definition) is 1. The van der Waals surface area contributed by atoms with Crippen molar-refractivity contribution in [3.05, 3.63) is 70.8 Å². The minimum atomic E-state index is -0.0879. The molecule has 4 rings (SSSR count). The lowest BCUT2D eigenvalue weighted by Gasteiger charge is -2.19. The lowest BCUT2D eigenvalue weighted by molar-refractivity contribution is 0.401. The Bertz CT molecular complexity index is 648. The van der Waals surface area contributed by atoms with Gasteiger partial charge in [-0.05, 0) is 22.3 Å². The van der Waals surface area contributed by atoms with Crippen molar-refractivity contribution < 1.29 is 9.47 Å². The Labute approximate surface area is 131 Å². The molecule has 2 heterocycles. The van der Waals surface area contributed by atoms with Gasteiger partial charge in [-0.25, -0.2) is 0 Å². The quantitative estimate of drug-likeness (QED) is 0.833. The molecular formula is C19H21NO2. The van der Waals surface area contributed by atoms with Crippen LogP contribution in [-0.2, 0) is 22.3 Å². The monoisotopic (exact) mass is 295 g/mol. The highest BCUT2D eigenvalue weighted by Crippen LogP contribution is 2.31. The summed E-state index contributed by atoms with van der Waals surface area (Å²) < 4.78 is 10.9. The number of epoxide rings is 2. The van der Waals surface area contributed by atoms with E-state index in [1.807, 2.05) is 18.2 Å². The predicted molar refractivity (Wildman–Crippen MR) is 85.8 cm³/mol. The summed E-state index contributed by atoms with van der Waals surface area (Å²) in [6.45, 7) is 1.75. The fourth-order valence-electron chi connectivity index (χ4n) is 3.07. The first-order chi connectivity index (χ1) is 10.8. The fourth-order valence-corrected chi connectivity index (χ4v) is 3.07. The van der Waals surface area contributed by atoms with Crippen LogP contribution in [0, 0.1) is 0 Å². The van der Waals surface area contributed by atoms with Crippen LogP contribution in [0.1, 0.15) is 28.3 Å². The predicted octanol–water partition coefficient (Wildman–Crippen LogP) is 2.62. The smallest absolute Gasteiger partial charge is 0.0850 e. The highest BCUT2D eigenvalue weighted by atomic mass is 16.6. The summed E-state index contributed by atoms with van der Waals surface area (Å²) in [7, 11) is 0. The Hall–Kier alpha value is -1.68. The topological polar surface area (TPSA) is 51.1 Å². The minimum Gasteiger partial charge on any atom is -0.373 e. The Morgan fingerprint density at radius 3 is 2.27 bits per heavy atom. The van der Waals surface area contributed by atoms with E-state index in [0.29, 0.717) is 12.2 Å². The molecule has 0 bridgehead atoms. The van der Waals surface area contributed by atoms with E-state index >= 15 is 0 Å². The van der Waals surface area contributed by atoms with Gasteiger partial charge in [-0.3, -0.25) is 0 Å². The van der Waals surface area contributed by atoms with E-state index in [0.717, 1.165) is 31.6 Å². The molecule has 0 spiro atoms. The molecule has 0 amide bonds. The molecule has 3 atom stereocenters. The Morgan fingerprint density at radius 2 is 1.59 bits per heavy atom. The third-order valence-electron chi connectivity index (χ3n) is 4.49. The van der Waals surface area contributed by atoms with Crippen molar-refractivity contribution in [1.29, 1.82) is 0 Å². The third-order valence-corrected chi connectivity index (χ3v) is 4.49. The maximum absolute atomic E-state index is 6.56. The first-order valence-corrected chi connectivity index (χ1v) is 7.95. The van der Waals surface area contributed by atoms with E-state index in [9.17, 15) is 0 Å². The zero-order valence-corrected chi connectivity index (χ0v) is 12.6. The summed E-state index contributed by atoms with van der Waals surface area (Å²) in [6, 6.07) is 16.7. The summed E-state index contributed by atoms with van der Waals surface area (Å²) in [5.41, 5.74) is 11.7. The van der Waals surface area contributed by atoms with Crippen molar-refractivity contribution in [2.75, 3.05) is 13.2 Å². The van der Waals surface area contributed by atoms with Crippen LogP contribution in [0.4, 0.5) is 0 Å². The van der Waals surface area contributed by atoms with Crippen molar-refractivity contribution in [2.45, 2.75) is 31.1 Å². The van der Waals surface area contributed by atoms with Gasteiger partial charge in [0.05, 0.1) is 31.5 Å². The second-order valence-electron chi connectivity index (χ2n) is 6.19. The van der Waals surface area contributed by atoms with E-state index in [1.54, 1.807) is 0 Å². The first-order valence-electron chi connectivity index (χ1n) is 7.95. The maximum Gasteiger partial charge on any atom is 0.0850 e. The van der Waals surface area contributed by atoms with Crippen LogP contribution in [0.2, 0.25) is 0 Å². The van der Waals surface area contributed by atoms with Crippen LogP contribution < -0.4 is 5.73 Å². The molecular weight excluding hydrogens is 274 g/mol. The average Bonchev–Trinajstić information content (AvgIpc) is 3.45. The number of rotatable bonds is 6. The van der Waals surface area contributed by atoms with Gasteiger partial charge in [-0.1, -0.05) is 48.5 Å². The molecule has 0 aliphatic carbocycles. The highest BCUT2D eigenvalue weighted by Gasteiger charge is 2.29. The molecule has 3 heteroatoms. The third kappa shape index (κ3) is 3.07. The molecule has 2 aliphatic heterocycles. The van der Waals surface area contributed by atoms with E-state index in [2.05, 4.69) is 30.3 Å². The number of benzene rings is 2. The molecule has 0 saturated carbocycles. The van der Waals surface area contributed by atoms with Crippen molar-refractivity contribution in [2.24, 2.45) is 5.73 Å². The Balaban J connectivity index is 1.69. The average molecular weight is 295 g/mol. The highest BCUT2D eigenvalue weighted by molar-refractivity contribution is 5.43. The summed E-state index contributed by atoms with van der Waals surface area (Å²) in [5.74, 6) is 0. The van der Waals surface area contributed by atoms with Gasteiger partial charge in [0.2, 0.25) is 0 Å². The van der Waals surface area contributed by atoms with Crippen molar-refractivity contribution in [1.82, 2.24) is 0 Å². The molecule has 0 aromatic heterocycles. The van der Waals surface area contributed by atoms with Gasteiger partial charge in [-0.15, -0.1) is 0 Å². The first kappa shape index (κ1) is 13.9. The van der Waals surface area contributed by atoms with Crippen LogP contribution in [0.5, 0.6) is 0 Å². The van der Waals surface area contributed by atoms with Crippen LogP contribution >= 0.6 is 0 Å². The van der Waals surface area contributed by atoms with E-state index in [1.165, 1.54) is 16.7 Å². The van der Waals surface area contributed by atoms with Crippen LogP contribution in [-0.4, -0.2) is 25.4 Å². The fraction of sp³-hybridized carbons (Fsp3) is 0.368. The SMILES string of the molecule is NC(c1ccccc1)c1cccc(CC2CO2)c1CC1CO1. The second-order valence-corrected chi connectivity index (χ2v) is 6.19. The summed E-state index contributed by atoms with van der Waals surface area (Å²) in [6.07, 6.45) is 2.70. The molecule has 2 aromatic rings. The number of ether oxygens (including phenoxy) is 2. The van der Waals surface area contributed by atoms with Gasteiger partial charge < -0.3 is 15.2 Å². The standard InChI is InChI=1S/C19H21NO2/c20-19(13-5-2-1-3-6-13)17-8-4-7-14(9-15-11-21-15)18(17)10-16-12-22-16/h1-8,15-16,19H,9-12,20H2. The van der Waals surface area contributed by atoms with Gasteiger partial charge in [-0.2, -0.15) is 0 Å². The zero-order valence-electron chi connectivity index (χ0n) is 12.6. The van der Waals surface area contributed by atoms with Crippen molar-refractivity contribution in [3.8, 4) is 0 Å². The second kappa shape index (κ2) is 5.84.